The molecule has 12 heteroatoms. The van der Waals surface area contributed by atoms with Crippen molar-refractivity contribution in [2.24, 2.45) is 11.8 Å². The van der Waals surface area contributed by atoms with Crippen LogP contribution in [0.3, 0.4) is 0 Å². The van der Waals surface area contributed by atoms with E-state index in [1.54, 1.807) is 0 Å². The van der Waals surface area contributed by atoms with Crippen molar-refractivity contribution in [2.45, 2.75) is 187 Å². The smallest absolute Gasteiger partial charge is 0.472 e. The van der Waals surface area contributed by atoms with Gasteiger partial charge in [0.1, 0.15) is 31.3 Å². The molecule has 0 aliphatic heterocycles. The van der Waals surface area contributed by atoms with Gasteiger partial charge in [-0.05, 0) is 74.6 Å². The van der Waals surface area contributed by atoms with Crippen molar-refractivity contribution in [1.82, 2.24) is 0 Å². The van der Waals surface area contributed by atoms with E-state index in [1.807, 2.05) is 81.8 Å². The van der Waals surface area contributed by atoms with Gasteiger partial charge < -0.3 is 28.3 Å². The lowest BCUT2D eigenvalue weighted by Gasteiger charge is -2.24. The van der Waals surface area contributed by atoms with Gasteiger partial charge in [-0.1, -0.05) is 166 Å². The molecular weight excluding hydrogens is 854 g/mol. The van der Waals surface area contributed by atoms with Gasteiger partial charge in [0.05, 0.1) is 41.0 Å². The molecule has 0 saturated heterocycles. The number of likely N-dealkylation sites (N-methyl/N-ethyl adjacent to an activating group) is 1. The van der Waals surface area contributed by atoms with E-state index in [2.05, 4.69) is 13.8 Å². The van der Waals surface area contributed by atoms with Gasteiger partial charge in [0.15, 0.2) is 6.10 Å². The third-order valence-electron chi connectivity index (χ3n) is 12.0. The lowest BCUT2D eigenvalue weighted by molar-refractivity contribution is -0.870. The van der Waals surface area contributed by atoms with Gasteiger partial charge >= 0.3 is 19.8 Å². The summed E-state index contributed by atoms with van der Waals surface area (Å²) in [6.07, 6.45) is 26.6. The van der Waals surface area contributed by atoms with Gasteiger partial charge in [0, 0.05) is 12.8 Å². The minimum absolute atomic E-state index is 0.00885. The number of benzene rings is 2. The van der Waals surface area contributed by atoms with Crippen LogP contribution in [-0.4, -0.2) is 88.1 Å². The van der Waals surface area contributed by atoms with Crippen LogP contribution < -0.4 is 9.47 Å². The number of quaternary nitrogens is 1. The fourth-order valence-electron chi connectivity index (χ4n) is 7.89. The lowest BCUT2D eigenvalue weighted by Crippen LogP contribution is -2.37. The van der Waals surface area contributed by atoms with Crippen LogP contribution in [0.4, 0.5) is 0 Å². The highest BCUT2D eigenvalue weighted by Crippen LogP contribution is 2.43. The molecule has 0 saturated carbocycles. The molecule has 378 valence electrons. The number of para-hydroxylation sites is 2. The van der Waals surface area contributed by atoms with E-state index in [1.165, 1.54) is 89.9 Å². The van der Waals surface area contributed by atoms with E-state index >= 15 is 0 Å². The number of phosphoric acid groups is 1. The Morgan fingerprint density at radius 3 is 1.38 bits per heavy atom. The maximum Gasteiger partial charge on any atom is 0.472 e. The van der Waals surface area contributed by atoms with Gasteiger partial charge in [0.25, 0.3) is 0 Å². The zero-order valence-electron chi connectivity index (χ0n) is 42.1. The van der Waals surface area contributed by atoms with Gasteiger partial charge in [0.2, 0.25) is 0 Å². The van der Waals surface area contributed by atoms with E-state index < -0.39 is 32.5 Å². The third kappa shape index (κ3) is 34.4. The summed E-state index contributed by atoms with van der Waals surface area (Å²) in [5.41, 5.74) is 0. The molecule has 0 aliphatic rings. The number of carbonyl (C=O) groups is 2. The molecule has 0 amide bonds. The summed E-state index contributed by atoms with van der Waals surface area (Å²) >= 11 is 0. The molecular formula is C54H93NO10P+. The van der Waals surface area contributed by atoms with Crippen molar-refractivity contribution in [3.8, 4) is 11.5 Å². The molecule has 0 heterocycles. The molecule has 1 N–H and O–H groups in total. The molecule has 0 fully saturated rings. The number of hydrogen-bond donors (Lipinski definition) is 1. The summed E-state index contributed by atoms with van der Waals surface area (Å²) in [6.45, 7) is 5.65. The van der Waals surface area contributed by atoms with Crippen LogP contribution in [0, 0.1) is 11.8 Å². The van der Waals surface area contributed by atoms with Crippen molar-refractivity contribution in [3.05, 3.63) is 60.7 Å². The fourth-order valence-corrected chi connectivity index (χ4v) is 8.63. The van der Waals surface area contributed by atoms with Crippen molar-refractivity contribution >= 4 is 19.8 Å². The molecule has 0 spiro atoms. The highest BCUT2D eigenvalue weighted by Gasteiger charge is 2.27. The Balaban J connectivity index is 1.84. The SMILES string of the molecule is CCCCCCCCCC(CCCCCC(=O)OCC(COP(=O)(O)OCC[N+](C)(C)C)OC(=O)CCCCCC(CCCCCCCCC)COc1ccccc1)COc1ccccc1. The van der Waals surface area contributed by atoms with Gasteiger partial charge in [-0.25, -0.2) is 4.57 Å². The predicted molar refractivity (Wildman–Crippen MR) is 268 cm³/mol. The van der Waals surface area contributed by atoms with Crippen LogP contribution >= 0.6 is 7.82 Å². The minimum atomic E-state index is -4.44. The zero-order valence-corrected chi connectivity index (χ0v) is 43.0. The monoisotopic (exact) mass is 947 g/mol. The average Bonchev–Trinajstić information content (AvgIpc) is 3.29. The number of ether oxygens (including phenoxy) is 4. The molecule has 0 aliphatic carbocycles. The molecule has 0 bridgehead atoms. The Morgan fingerprint density at radius 1 is 0.530 bits per heavy atom. The van der Waals surface area contributed by atoms with Crippen molar-refractivity contribution < 1.29 is 51.5 Å². The van der Waals surface area contributed by atoms with Crippen LogP contribution in [-0.2, 0) is 32.7 Å². The summed E-state index contributed by atoms with van der Waals surface area (Å²) < 4.78 is 47.3. The predicted octanol–water partition coefficient (Wildman–Crippen LogP) is 13.9. The second-order valence-electron chi connectivity index (χ2n) is 19.4. The number of hydrogen-bond acceptors (Lipinski definition) is 9. The summed E-state index contributed by atoms with van der Waals surface area (Å²) in [6, 6.07) is 19.9. The average molecular weight is 947 g/mol. The Hall–Kier alpha value is -2.95. The van der Waals surface area contributed by atoms with Gasteiger partial charge in [-0.2, -0.15) is 0 Å². The largest absolute Gasteiger partial charge is 0.493 e. The topological polar surface area (TPSA) is 127 Å². The first-order valence-corrected chi connectivity index (χ1v) is 27.5. The van der Waals surface area contributed by atoms with Crippen LogP contribution in [0.5, 0.6) is 11.5 Å². The molecule has 11 nitrogen and oxygen atoms in total. The number of unbranched alkanes of at least 4 members (excludes halogenated alkanes) is 16. The van der Waals surface area contributed by atoms with Crippen molar-refractivity contribution in [1.29, 1.82) is 0 Å². The number of carbonyl (C=O) groups excluding carboxylic acids is 2. The van der Waals surface area contributed by atoms with E-state index in [0.717, 1.165) is 62.9 Å². The fraction of sp³-hybridized carbons (Fsp3) is 0.741. The summed E-state index contributed by atoms with van der Waals surface area (Å²) in [7, 11) is 1.40. The third-order valence-corrected chi connectivity index (χ3v) is 13.0. The quantitative estimate of drug-likeness (QED) is 0.0297. The molecule has 2 aromatic rings. The van der Waals surface area contributed by atoms with Gasteiger partial charge in [-0.3, -0.25) is 18.6 Å². The van der Waals surface area contributed by atoms with Crippen LogP contribution in [0.15, 0.2) is 60.7 Å². The maximum absolute atomic E-state index is 13.1. The molecule has 66 heavy (non-hydrogen) atoms. The highest BCUT2D eigenvalue weighted by atomic mass is 31.2. The molecule has 4 unspecified atom stereocenters. The zero-order chi connectivity index (χ0) is 48.0. The Labute approximate surface area is 401 Å². The number of esters is 2. The summed E-state index contributed by atoms with van der Waals surface area (Å²) in [4.78, 5) is 36.3. The Bertz CT molecular complexity index is 1510. The Kier molecular flexibility index (Phi) is 34.0. The molecule has 2 aromatic carbocycles. The van der Waals surface area contributed by atoms with E-state index in [0.29, 0.717) is 48.9 Å². The van der Waals surface area contributed by atoms with Crippen LogP contribution in [0.2, 0.25) is 0 Å². The van der Waals surface area contributed by atoms with E-state index in [4.69, 9.17) is 28.0 Å². The second kappa shape index (κ2) is 38.0. The Morgan fingerprint density at radius 2 is 0.939 bits per heavy atom. The molecule has 2 rings (SSSR count). The number of phosphoric ester groups is 1. The number of rotatable bonds is 44. The standard InChI is InChI=1S/C54H92NO10P/c1-6-8-10-12-14-16-22-32-48(44-60-50-36-26-20-27-37-50)34-24-18-30-40-53(56)62-46-52(47-64-66(58,59)63-43-42-55(3,4)5)65-54(57)41-31-19-25-35-49(33-23-17-15-13-11-9-7-2)45-61-51-38-28-21-29-39-51/h20-21,26-29,36-39,48-49,52H,6-19,22-25,30-35,40-47H2,1-5H3/p+1. The highest BCUT2D eigenvalue weighted by molar-refractivity contribution is 7.47. The summed E-state index contributed by atoms with van der Waals surface area (Å²) in [5.74, 6) is 1.82. The van der Waals surface area contributed by atoms with Gasteiger partial charge in [-0.15, -0.1) is 0 Å². The van der Waals surface area contributed by atoms with Crippen LogP contribution in [0.1, 0.15) is 181 Å². The lowest BCUT2D eigenvalue weighted by atomic mass is 9.95. The first-order valence-electron chi connectivity index (χ1n) is 26.0. The van der Waals surface area contributed by atoms with Crippen molar-refractivity contribution in [2.75, 3.05) is 60.7 Å². The first kappa shape index (κ1) is 59.2. The minimum Gasteiger partial charge on any atom is -0.493 e. The normalized spacial score (nSPS) is 14.0. The second-order valence-corrected chi connectivity index (χ2v) is 20.9. The number of nitrogens with zero attached hydrogens (tertiary/aromatic N) is 1. The van der Waals surface area contributed by atoms with Crippen molar-refractivity contribution in [3.63, 3.8) is 0 Å². The molecule has 0 radical (unpaired) electrons. The van der Waals surface area contributed by atoms with E-state index in [-0.39, 0.29) is 26.1 Å². The maximum atomic E-state index is 13.1. The molecule has 4 atom stereocenters. The first-order chi connectivity index (χ1) is 31.9. The molecule has 0 aromatic heterocycles. The summed E-state index contributed by atoms with van der Waals surface area (Å²) in [5, 5.41) is 0. The van der Waals surface area contributed by atoms with E-state index in [9.17, 15) is 19.0 Å². The van der Waals surface area contributed by atoms with Crippen LogP contribution in [0.25, 0.3) is 0 Å².